The van der Waals surface area contributed by atoms with Crippen molar-refractivity contribution in [3.05, 3.63) is 113 Å². The average molecular weight is 379 g/mol. The Balaban J connectivity index is 1.46. The van der Waals surface area contributed by atoms with Crippen LogP contribution in [0.2, 0.25) is 0 Å². The van der Waals surface area contributed by atoms with Crippen molar-refractivity contribution in [2.45, 2.75) is 12.8 Å². The van der Waals surface area contributed by atoms with Gasteiger partial charge in [-0.15, -0.1) is 0 Å². The van der Waals surface area contributed by atoms with Crippen molar-refractivity contribution in [2.24, 2.45) is 5.10 Å². The number of pyridine rings is 1. The third kappa shape index (κ3) is 4.55. The zero-order valence-electron chi connectivity index (χ0n) is 16.0. The van der Waals surface area contributed by atoms with Crippen LogP contribution in [-0.2, 0) is 12.8 Å². The number of nitrogens with zero attached hydrogens (tertiary/aromatic N) is 2. The molecule has 1 amide bonds. The fraction of sp³-hybridized carbons (Fsp3) is 0.0800. The van der Waals surface area contributed by atoms with Crippen LogP contribution >= 0.6 is 0 Å². The molecule has 4 rings (SSSR count). The fourth-order valence-electron chi connectivity index (χ4n) is 3.33. The molecular formula is C25H21N3O. The zero-order valence-corrected chi connectivity index (χ0v) is 16.0. The number of carbonyl (C=O) groups is 1. The Morgan fingerprint density at radius 2 is 1.62 bits per heavy atom. The van der Waals surface area contributed by atoms with Crippen molar-refractivity contribution in [1.82, 2.24) is 10.4 Å². The Bertz CT molecular complexity index is 1150. The first-order valence-corrected chi connectivity index (χ1v) is 9.60. The maximum Gasteiger partial charge on any atom is 0.271 e. The number of benzene rings is 3. The fourth-order valence-corrected chi connectivity index (χ4v) is 3.33. The number of hydrazone groups is 1. The highest BCUT2D eigenvalue weighted by molar-refractivity contribution is 5.99. The van der Waals surface area contributed by atoms with Crippen LogP contribution in [0.15, 0.2) is 96.2 Å². The maximum atomic E-state index is 12.7. The van der Waals surface area contributed by atoms with Gasteiger partial charge in [-0.3, -0.25) is 9.78 Å². The maximum absolute atomic E-state index is 12.7. The van der Waals surface area contributed by atoms with E-state index >= 15 is 0 Å². The summed E-state index contributed by atoms with van der Waals surface area (Å²) in [5, 5.41) is 5.17. The Morgan fingerprint density at radius 1 is 0.862 bits per heavy atom. The molecule has 1 heterocycles. The Labute approximate surface area is 169 Å². The van der Waals surface area contributed by atoms with Gasteiger partial charge in [-0.2, -0.15) is 5.10 Å². The molecule has 0 aliphatic rings. The van der Waals surface area contributed by atoms with Crippen molar-refractivity contribution in [1.29, 1.82) is 0 Å². The highest BCUT2D eigenvalue weighted by Gasteiger charge is 2.10. The van der Waals surface area contributed by atoms with E-state index in [0.29, 0.717) is 5.56 Å². The van der Waals surface area contributed by atoms with E-state index in [1.54, 1.807) is 12.4 Å². The van der Waals surface area contributed by atoms with Gasteiger partial charge in [-0.1, -0.05) is 66.7 Å². The predicted octanol–water partition coefficient (Wildman–Crippen LogP) is 4.78. The number of hydrogen-bond acceptors (Lipinski definition) is 3. The second-order valence-corrected chi connectivity index (χ2v) is 6.76. The first-order chi connectivity index (χ1) is 14.3. The quantitative estimate of drug-likeness (QED) is 0.387. The van der Waals surface area contributed by atoms with Crippen LogP contribution in [-0.4, -0.2) is 17.1 Å². The minimum absolute atomic E-state index is 0.205. The van der Waals surface area contributed by atoms with E-state index in [1.165, 1.54) is 5.56 Å². The van der Waals surface area contributed by atoms with Gasteiger partial charge in [-0.25, -0.2) is 5.43 Å². The van der Waals surface area contributed by atoms with Crippen LogP contribution in [0.25, 0.3) is 10.9 Å². The number of para-hydroxylation sites is 1. The highest BCUT2D eigenvalue weighted by Crippen LogP contribution is 2.15. The molecule has 4 nitrogen and oxygen atoms in total. The van der Waals surface area contributed by atoms with E-state index in [-0.39, 0.29) is 5.91 Å². The number of fused-ring (bicyclic) bond motifs is 1. The first kappa shape index (κ1) is 18.6. The van der Waals surface area contributed by atoms with Crippen molar-refractivity contribution in [3.8, 4) is 0 Å². The molecule has 0 fully saturated rings. The van der Waals surface area contributed by atoms with Crippen molar-refractivity contribution < 1.29 is 4.79 Å². The van der Waals surface area contributed by atoms with Gasteiger partial charge >= 0.3 is 0 Å². The van der Waals surface area contributed by atoms with E-state index in [4.69, 9.17) is 0 Å². The summed E-state index contributed by atoms with van der Waals surface area (Å²) in [6, 6.07) is 27.7. The van der Waals surface area contributed by atoms with E-state index < -0.39 is 0 Å². The number of nitrogens with one attached hydrogen (secondary N) is 1. The van der Waals surface area contributed by atoms with E-state index in [9.17, 15) is 4.79 Å². The molecular weight excluding hydrogens is 358 g/mol. The van der Waals surface area contributed by atoms with Crippen LogP contribution in [0.3, 0.4) is 0 Å². The Kier molecular flexibility index (Phi) is 5.72. The monoisotopic (exact) mass is 379 g/mol. The van der Waals surface area contributed by atoms with Gasteiger partial charge < -0.3 is 0 Å². The molecule has 0 saturated heterocycles. The zero-order chi connectivity index (χ0) is 19.9. The summed E-state index contributed by atoms with van der Waals surface area (Å²) in [5.41, 5.74) is 7.39. The van der Waals surface area contributed by atoms with Crippen LogP contribution in [0.1, 0.15) is 27.0 Å². The molecule has 0 aliphatic carbocycles. The van der Waals surface area contributed by atoms with Gasteiger partial charge in [0.15, 0.2) is 0 Å². The molecule has 0 unspecified atom stereocenters. The number of amides is 1. The summed E-state index contributed by atoms with van der Waals surface area (Å²) < 4.78 is 0. The molecule has 4 aromatic rings. The molecule has 1 aromatic heterocycles. The summed E-state index contributed by atoms with van der Waals surface area (Å²) in [4.78, 5) is 17.0. The number of hydrogen-bond donors (Lipinski definition) is 1. The molecule has 0 bridgehead atoms. The van der Waals surface area contributed by atoms with Crippen molar-refractivity contribution in [3.63, 3.8) is 0 Å². The van der Waals surface area contributed by atoms with Gasteiger partial charge in [-0.05, 0) is 42.2 Å². The van der Waals surface area contributed by atoms with E-state index in [1.807, 2.05) is 72.8 Å². The predicted molar refractivity (Wildman–Crippen MR) is 117 cm³/mol. The van der Waals surface area contributed by atoms with Gasteiger partial charge in [0.2, 0.25) is 0 Å². The molecule has 0 spiro atoms. The molecule has 0 aliphatic heterocycles. The number of carbonyl (C=O) groups excluding carboxylic acids is 1. The second-order valence-electron chi connectivity index (χ2n) is 6.76. The van der Waals surface area contributed by atoms with Gasteiger partial charge in [0.1, 0.15) is 0 Å². The number of aromatic nitrogens is 1. The summed E-state index contributed by atoms with van der Waals surface area (Å²) in [6.07, 6.45) is 5.09. The summed E-state index contributed by atoms with van der Waals surface area (Å²) in [5.74, 6) is -0.205. The molecule has 29 heavy (non-hydrogen) atoms. The lowest BCUT2D eigenvalue weighted by Crippen LogP contribution is -2.19. The van der Waals surface area contributed by atoms with Crippen LogP contribution in [0, 0.1) is 0 Å². The molecule has 142 valence electrons. The van der Waals surface area contributed by atoms with Crippen LogP contribution in [0.4, 0.5) is 0 Å². The molecule has 0 radical (unpaired) electrons. The molecule has 0 saturated carbocycles. The smallest absolute Gasteiger partial charge is 0.267 e. The minimum atomic E-state index is -0.205. The average Bonchev–Trinajstić information content (AvgIpc) is 2.78. The standard InChI is InChI=1S/C25H21N3O/c29-25(28-27-18-21-16-17-26-24-13-7-6-11-22(21)24)23-12-5-4-10-20(23)15-14-19-8-2-1-3-9-19/h1-13,16-18H,14-15H2,(H,28,29). The van der Waals surface area contributed by atoms with Gasteiger partial charge in [0.05, 0.1) is 11.7 Å². The third-order valence-electron chi connectivity index (χ3n) is 4.84. The largest absolute Gasteiger partial charge is 0.271 e. The van der Waals surface area contributed by atoms with Gasteiger partial charge in [0.25, 0.3) is 5.91 Å². The van der Waals surface area contributed by atoms with Crippen molar-refractivity contribution >= 4 is 23.0 Å². The third-order valence-corrected chi connectivity index (χ3v) is 4.84. The lowest BCUT2D eigenvalue weighted by molar-refractivity contribution is 0.0954. The molecule has 3 aromatic carbocycles. The number of rotatable bonds is 6. The highest BCUT2D eigenvalue weighted by atomic mass is 16.2. The summed E-state index contributed by atoms with van der Waals surface area (Å²) in [6.45, 7) is 0. The first-order valence-electron chi connectivity index (χ1n) is 9.60. The molecule has 1 N–H and O–H groups in total. The van der Waals surface area contributed by atoms with Crippen molar-refractivity contribution in [2.75, 3.05) is 0 Å². The van der Waals surface area contributed by atoms with Gasteiger partial charge in [0, 0.05) is 22.7 Å². The second kappa shape index (κ2) is 8.93. The minimum Gasteiger partial charge on any atom is -0.267 e. The van der Waals surface area contributed by atoms with Crippen LogP contribution < -0.4 is 5.43 Å². The summed E-state index contributed by atoms with van der Waals surface area (Å²) >= 11 is 0. The molecule has 4 heteroatoms. The Hall–Kier alpha value is -3.79. The van der Waals surface area contributed by atoms with E-state index in [2.05, 4.69) is 27.6 Å². The number of aryl methyl sites for hydroxylation is 2. The lowest BCUT2D eigenvalue weighted by Gasteiger charge is -2.08. The molecule has 0 atom stereocenters. The van der Waals surface area contributed by atoms with E-state index in [0.717, 1.165) is 34.9 Å². The lowest BCUT2D eigenvalue weighted by atomic mass is 9.99. The normalized spacial score (nSPS) is 11.0. The topological polar surface area (TPSA) is 54.4 Å². The summed E-state index contributed by atoms with van der Waals surface area (Å²) in [7, 11) is 0. The Morgan fingerprint density at radius 3 is 2.52 bits per heavy atom. The van der Waals surface area contributed by atoms with Crippen LogP contribution in [0.5, 0.6) is 0 Å². The SMILES string of the molecule is O=C(NN=Cc1ccnc2ccccc12)c1ccccc1CCc1ccccc1.